The Morgan fingerprint density at radius 2 is 1.85 bits per heavy atom. The zero-order chi connectivity index (χ0) is 14.8. The molecular formula is C16H16BrIO2. The van der Waals surface area contributed by atoms with Gasteiger partial charge in [-0.05, 0) is 80.8 Å². The van der Waals surface area contributed by atoms with Gasteiger partial charge < -0.3 is 9.84 Å². The minimum Gasteiger partial charge on any atom is -0.496 e. The molecule has 2 rings (SSSR count). The molecule has 0 spiro atoms. The zero-order valence-electron chi connectivity index (χ0n) is 11.4. The van der Waals surface area contributed by atoms with E-state index in [9.17, 15) is 5.11 Å². The van der Waals surface area contributed by atoms with Crippen LogP contribution in [-0.2, 0) is 12.0 Å². The van der Waals surface area contributed by atoms with E-state index in [4.69, 9.17) is 4.74 Å². The highest BCUT2D eigenvalue weighted by Crippen LogP contribution is 2.30. The average molecular weight is 447 g/mol. The lowest BCUT2D eigenvalue weighted by molar-refractivity contribution is 0.0576. The van der Waals surface area contributed by atoms with Crippen LogP contribution in [0.15, 0.2) is 46.9 Å². The van der Waals surface area contributed by atoms with Crippen LogP contribution in [0.2, 0.25) is 0 Å². The van der Waals surface area contributed by atoms with Crippen molar-refractivity contribution in [3.63, 3.8) is 0 Å². The summed E-state index contributed by atoms with van der Waals surface area (Å²) in [6.07, 6.45) is 0.552. The summed E-state index contributed by atoms with van der Waals surface area (Å²) in [5.41, 5.74) is 1.09. The van der Waals surface area contributed by atoms with Crippen molar-refractivity contribution in [3.8, 4) is 5.75 Å². The third kappa shape index (κ3) is 3.74. The van der Waals surface area contributed by atoms with Crippen molar-refractivity contribution in [2.45, 2.75) is 18.9 Å². The van der Waals surface area contributed by atoms with Gasteiger partial charge in [-0.1, -0.05) is 18.2 Å². The van der Waals surface area contributed by atoms with Crippen molar-refractivity contribution in [3.05, 3.63) is 61.6 Å². The van der Waals surface area contributed by atoms with Crippen LogP contribution in [0, 0.1) is 3.57 Å². The van der Waals surface area contributed by atoms with Crippen LogP contribution in [0.5, 0.6) is 5.75 Å². The lowest BCUT2D eigenvalue weighted by atomic mass is 9.89. The van der Waals surface area contributed by atoms with Crippen LogP contribution < -0.4 is 4.74 Å². The lowest BCUT2D eigenvalue weighted by Gasteiger charge is -2.24. The maximum absolute atomic E-state index is 10.7. The Bertz CT molecular complexity index is 594. The van der Waals surface area contributed by atoms with Gasteiger partial charge in [0, 0.05) is 9.99 Å². The molecule has 20 heavy (non-hydrogen) atoms. The van der Waals surface area contributed by atoms with Gasteiger partial charge in [0.15, 0.2) is 0 Å². The van der Waals surface area contributed by atoms with Crippen LogP contribution >= 0.6 is 38.5 Å². The number of ether oxygens (including phenoxy) is 1. The van der Waals surface area contributed by atoms with Crippen molar-refractivity contribution in [1.29, 1.82) is 0 Å². The molecule has 0 aliphatic heterocycles. The number of rotatable bonds is 4. The fraction of sp³-hybridized carbons (Fsp3) is 0.250. The van der Waals surface area contributed by atoms with Gasteiger partial charge >= 0.3 is 0 Å². The van der Waals surface area contributed by atoms with Crippen LogP contribution in [0.1, 0.15) is 18.1 Å². The summed E-state index contributed by atoms with van der Waals surface area (Å²) in [5.74, 6) is 0.794. The second kappa shape index (κ2) is 6.45. The van der Waals surface area contributed by atoms with Crippen LogP contribution in [0.4, 0.5) is 0 Å². The normalized spacial score (nSPS) is 13.8. The predicted molar refractivity (Wildman–Crippen MR) is 93.1 cm³/mol. The van der Waals surface area contributed by atoms with Gasteiger partial charge in [-0.25, -0.2) is 0 Å². The molecule has 0 radical (unpaired) electrons. The molecular weight excluding hydrogens is 431 g/mol. The summed E-state index contributed by atoms with van der Waals surface area (Å²) >= 11 is 5.73. The van der Waals surface area contributed by atoms with Gasteiger partial charge in [-0.3, -0.25) is 0 Å². The first-order valence-corrected chi connectivity index (χ1v) is 8.10. The second-order valence-corrected chi connectivity index (χ2v) is 7.03. The lowest BCUT2D eigenvalue weighted by Crippen LogP contribution is -2.24. The molecule has 2 aromatic rings. The summed E-state index contributed by atoms with van der Waals surface area (Å²) in [6.45, 7) is 1.84. The number of benzene rings is 2. The van der Waals surface area contributed by atoms with Crippen molar-refractivity contribution in [2.24, 2.45) is 0 Å². The first-order valence-electron chi connectivity index (χ1n) is 6.23. The van der Waals surface area contributed by atoms with E-state index in [-0.39, 0.29) is 0 Å². The van der Waals surface area contributed by atoms with Crippen molar-refractivity contribution in [1.82, 2.24) is 0 Å². The summed E-state index contributed by atoms with van der Waals surface area (Å²) in [5, 5.41) is 10.7. The number of halogens is 2. The Morgan fingerprint density at radius 1 is 1.20 bits per heavy atom. The standard InChI is InChI=1S/C16H16BrIO2/c1-16(19,12-4-6-13(18)7-5-12)10-11-3-8-15(20-2)14(17)9-11/h3-9,19H,10H2,1-2H3. The molecule has 0 saturated heterocycles. The smallest absolute Gasteiger partial charge is 0.133 e. The topological polar surface area (TPSA) is 29.5 Å². The molecule has 1 atom stereocenters. The van der Waals surface area contributed by atoms with E-state index in [1.807, 2.05) is 49.4 Å². The Balaban J connectivity index is 2.23. The van der Waals surface area contributed by atoms with Gasteiger partial charge in [0.2, 0.25) is 0 Å². The summed E-state index contributed by atoms with van der Waals surface area (Å²) in [7, 11) is 1.64. The molecule has 0 heterocycles. The highest BCUT2D eigenvalue weighted by Gasteiger charge is 2.23. The SMILES string of the molecule is COc1ccc(CC(C)(O)c2ccc(I)cc2)cc1Br. The van der Waals surface area contributed by atoms with E-state index in [1.54, 1.807) is 7.11 Å². The van der Waals surface area contributed by atoms with Gasteiger partial charge in [0.1, 0.15) is 5.75 Å². The molecule has 106 valence electrons. The van der Waals surface area contributed by atoms with Gasteiger partial charge in [0.05, 0.1) is 17.2 Å². The van der Waals surface area contributed by atoms with E-state index in [0.29, 0.717) is 6.42 Å². The average Bonchev–Trinajstić information content (AvgIpc) is 2.39. The van der Waals surface area contributed by atoms with Gasteiger partial charge in [0.25, 0.3) is 0 Å². The molecule has 0 fully saturated rings. The highest BCUT2D eigenvalue weighted by molar-refractivity contribution is 14.1. The molecule has 0 aliphatic carbocycles. The first kappa shape index (κ1) is 15.8. The number of methoxy groups -OCH3 is 1. The summed E-state index contributed by atoms with van der Waals surface area (Å²) < 4.78 is 7.28. The van der Waals surface area contributed by atoms with Crippen LogP contribution in [-0.4, -0.2) is 12.2 Å². The molecule has 1 unspecified atom stereocenters. The minimum atomic E-state index is -0.891. The van der Waals surface area contributed by atoms with E-state index >= 15 is 0 Å². The number of hydrogen-bond donors (Lipinski definition) is 1. The third-order valence-electron chi connectivity index (χ3n) is 3.23. The Hall–Kier alpha value is -0.590. The predicted octanol–water partition coefficient (Wildman–Crippen LogP) is 4.51. The summed E-state index contributed by atoms with van der Waals surface area (Å²) in [6, 6.07) is 13.8. The molecule has 1 N–H and O–H groups in total. The van der Waals surface area contributed by atoms with Gasteiger partial charge in [-0.15, -0.1) is 0 Å². The molecule has 0 saturated carbocycles. The molecule has 0 amide bonds. The maximum atomic E-state index is 10.7. The van der Waals surface area contributed by atoms with E-state index in [1.165, 1.54) is 0 Å². The maximum Gasteiger partial charge on any atom is 0.133 e. The molecule has 2 nitrogen and oxygen atoms in total. The third-order valence-corrected chi connectivity index (χ3v) is 4.57. The highest BCUT2D eigenvalue weighted by atomic mass is 127. The Kier molecular flexibility index (Phi) is 5.09. The Morgan fingerprint density at radius 3 is 2.40 bits per heavy atom. The van der Waals surface area contributed by atoms with Crippen molar-refractivity contribution >= 4 is 38.5 Å². The van der Waals surface area contributed by atoms with Gasteiger partial charge in [-0.2, -0.15) is 0 Å². The molecule has 2 aromatic carbocycles. The number of aliphatic hydroxyl groups is 1. The van der Waals surface area contributed by atoms with E-state index < -0.39 is 5.60 Å². The fourth-order valence-electron chi connectivity index (χ4n) is 2.13. The van der Waals surface area contributed by atoms with Crippen LogP contribution in [0.25, 0.3) is 0 Å². The van der Waals surface area contributed by atoms with E-state index in [2.05, 4.69) is 38.5 Å². The monoisotopic (exact) mass is 446 g/mol. The molecule has 0 aliphatic rings. The quantitative estimate of drug-likeness (QED) is 0.700. The first-order chi connectivity index (χ1) is 9.42. The molecule has 4 heteroatoms. The van der Waals surface area contributed by atoms with Crippen molar-refractivity contribution < 1.29 is 9.84 Å². The van der Waals surface area contributed by atoms with Crippen molar-refractivity contribution in [2.75, 3.05) is 7.11 Å². The Labute approximate surface area is 141 Å². The fourth-order valence-corrected chi connectivity index (χ4v) is 3.08. The van der Waals surface area contributed by atoms with E-state index in [0.717, 1.165) is 24.9 Å². The minimum absolute atomic E-state index is 0.552. The summed E-state index contributed by atoms with van der Waals surface area (Å²) in [4.78, 5) is 0. The number of hydrogen-bond acceptors (Lipinski definition) is 2. The van der Waals surface area contributed by atoms with Crippen LogP contribution in [0.3, 0.4) is 0 Å². The zero-order valence-corrected chi connectivity index (χ0v) is 15.1. The second-order valence-electron chi connectivity index (χ2n) is 4.93. The molecule has 0 bridgehead atoms. The largest absolute Gasteiger partial charge is 0.496 e. The molecule has 0 aromatic heterocycles.